The fourth-order valence-corrected chi connectivity index (χ4v) is 1.36. The molecule has 0 saturated carbocycles. The second kappa shape index (κ2) is 7.22. The maximum absolute atomic E-state index is 11.6. The zero-order valence-corrected chi connectivity index (χ0v) is 10.2. The van der Waals surface area contributed by atoms with E-state index in [2.05, 4.69) is 5.32 Å². The van der Waals surface area contributed by atoms with E-state index >= 15 is 0 Å². The highest BCUT2D eigenvalue weighted by atomic mass is 16.4. The highest BCUT2D eigenvalue weighted by Crippen LogP contribution is 2.09. The van der Waals surface area contributed by atoms with E-state index in [1.165, 1.54) is 0 Å². The van der Waals surface area contributed by atoms with Crippen LogP contribution in [0.2, 0.25) is 0 Å². The first-order valence-corrected chi connectivity index (χ1v) is 5.67. The summed E-state index contributed by atoms with van der Waals surface area (Å²) in [5.74, 6) is -1.54. The minimum atomic E-state index is -0.984. The predicted molar refractivity (Wildman–Crippen MR) is 61.9 cm³/mol. The van der Waals surface area contributed by atoms with Gasteiger partial charge in [0, 0.05) is 5.92 Å². The van der Waals surface area contributed by atoms with Crippen molar-refractivity contribution in [2.75, 3.05) is 6.54 Å². The first kappa shape index (κ1) is 14.9. The normalized spacial score (nSPS) is 16.2. The predicted octanol–water partition coefficient (Wildman–Crippen LogP) is 0.587. The summed E-state index contributed by atoms with van der Waals surface area (Å²) in [6, 6.07) is -0.808. The molecule has 0 aliphatic heterocycles. The molecule has 0 spiro atoms. The van der Waals surface area contributed by atoms with Crippen LogP contribution in [-0.4, -0.2) is 29.6 Å². The van der Waals surface area contributed by atoms with E-state index < -0.39 is 12.0 Å². The van der Waals surface area contributed by atoms with E-state index in [1.54, 1.807) is 6.92 Å². The third-order valence-electron chi connectivity index (χ3n) is 2.82. The van der Waals surface area contributed by atoms with Crippen molar-refractivity contribution in [3.8, 4) is 0 Å². The third kappa shape index (κ3) is 4.61. The SMILES string of the molecule is CC[C@H](C)[C@H](NC(=O)C(C)CCN)C(=O)O. The molecule has 4 N–H and O–H groups in total. The van der Waals surface area contributed by atoms with Crippen LogP contribution in [0.25, 0.3) is 0 Å². The average Bonchev–Trinajstić information content (AvgIpc) is 2.24. The Morgan fingerprint density at radius 1 is 1.38 bits per heavy atom. The fraction of sp³-hybridized carbons (Fsp3) is 0.818. The van der Waals surface area contributed by atoms with Gasteiger partial charge in [-0.15, -0.1) is 0 Å². The summed E-state index contributed by atoms with van der Waals surface area (Å²) in [5.41, 5.74) is 5.35. The van der Waals surface area contributed by atoms with Crippen LogP contribution >= 0.6 is 0 Å². The van der Waals surface area contributed by atoms with Crippen molar-refractivity contribution in [3.05, 3.63) is 0 Å². The van der Waals surface area contributed by atoms with Crippen molar-refractivity contribution in [3.63, 3.8) is 0 Å². The van der Waals surface area contributed by atoms with Crippen LogP contribution in [0.1, 0.15) is 33.6 Å². The summed E-state index contributed by atoms with van der Waals surface area (Å²) >= 11 is 0. The number of aliphatic carboxylic acids is 1. The first-order valence-electron chi connectivity index (χ1n) is 5.67. The van der Waals surface area contributed by atoms with Crippen LogP contribution < -0.4 is 11.1 Å². The summed E-state index contributed by atoms with van der Waals surface area (Å²) in [6.45, 7) is 5.89. The van der Waals surface area contributed by atoms with Gasteiger partial charge in [0.25, 0.3) is 0 Å². The lowest BCUT2D eigenvalue weighted by molar-refractivity contribution is -0.143. The highest BCUT2D eigenvalue weighted by Gasteiger charge is 2.26. The second-order valence-electron chi connectivity index (χ2n) is 4.19. The first-order chi connectivity index (χ1) is 7.43. The third-order valence-corrected chi connectivity index (χ3v) is 2.82. The van der Waals surface area contributed by atoms with Crippen LogP contribution in [-0.2, 0) is 9.59 Å². The molecular formula is C11H22N2O3. The molecule has 0 heterocycles. The van der Waals surface area contributed by atoms with Crippen LogP contribution in [0, 0.1) is 11.8 Å². The molecule has 1 unspecified atom stereocenters. The van der Waals surface area contributed by atoms with Gasteiger partial charge in [0.15, 0.2) is 0 Å². The number of carboxylic acids is 1. The van der Waals surface area contributed by atoms with Crippen LogP contribution in [0.4, 0.5) is 0 Å². The van der Waals surface area contributed by atoms with E-state index in [-0.39, 0.29) is 17.7 Å². The molecule has 0 aromatic heterocycles. The number of carbonyl (C=O) groups is 2. The van der Waals surface area contributed by atoms with Gasteiger partial charge >= 0.3 is 5.97 Å². The van der Waals surface area contributed by atoms with Gasteiger partial charge in [-0.1, -0.05) is 27.2 Å². The monoisotopic (exact) mass is 230 g/mol. The number of hydrogen-bond acceptors (Lipinski definition) is 3. The molecule has 1 amide bonds. The van der Waals surface area contributed by atoms with Crippen molar-refractivity contribution in [1.82, 2.24) is 5.32 Å². The van der Waals surface area contributed by atoms with E-state index in [4.69, 9.17) is 10.8 Å². The van der Waals surface area contributed by atoms with Crippen molar-refractivity contribution in [1.29, 1.82) is 0 Å². The second-order valence-corrected chi connectivity index (χ2v) is 4.19. The molecule has 0 aromatic carbocycles. The smallest absolute Gasteiger partial charge is 0.326 e. The summed E-state index contributed by atoms with van der Waals surface area (Å²) in [6.07, 6.45) is 1.28. The lowest BCUT2D eigenvalue weighted by Crippen LogP contribution is -2.47. The maximum atomic E-state index is 11.6. The number of carbonyl (C=O) groups excluding carboxylic acids is 1. The van der Waals surface area contributed by atoms with Gasteiger partial charge in [-0.25, -0.2) is 4.79 Å². The van der Waals surface area contributed by atoms with E-state index in [9.17, 15) is 9.59 Å². The molecule has 0 radical (unpaired) electrons. The summed E-state index contributed by atoms with van der Waals surface area (Å²) < 4.78 is 0. The number of nitrogens with one attached hydrogen (secondary N) is 1. The van der Waals surface area contributed by atoms with E-state index in [0.717, 1.165) is 0 Å². The molecule has 0 fully saturated rings. The van der Waals surface area contributed by atoms with Gasteiger partial charge < -0.3 is 16.2 Å². The molecule has 16 heavy (non-hydrogen) atoms. The molecule has 5 heteroatoms. The van der Waals surface area contributed by atoms with E-state index in [1.807, 2.05) is 13.8 Å². The van der Waals surface area contributed by atoms with Gasteiger partial charge in [0.2, 0.25) is 5.91 Å². The molecule has 5 nitrogen and oxygen atoms in total. The molecule has 0 aliphatic rings. The fourth-order valence-electron chi connectivity index (χ4n) is 1.36. The summed E-state index contributed by atoms with van der Waals surface area (Å²) in [5, 5.41) is 11.6. The quantitative estimate of drug-likeness (QED) is 0.596. The molecule has 0 bridgehead atoms. The Hall–Kier alpha value is -1.10. The van der Waals surface area contributed by atoms with Gasteiger partial charge in [-0.2, -0.15) is 0 Å². The van der Waals surface area contributed by atoms with Crippen LogP contribution in [0.3, 0.4) is 0 Å². The van der Waals surface area contributed by atoms with Gasteiger partial charge in [0.1, 0.15) is 6.04 Å². The molecule has 0 saturated heterocycles. The van der Waals surface area contributed by atoms with Gasteiger partial charge in [-0.05, 0) is 18.9 Å². The molecule has 0 aliphatic carbocycles. The largest absolute Gasteiger partial charge is 0.480 e. The molecular weight excluding hydrogens is 208 g/mol. The Labute approximate surface area is 96.4 Å². The highest BCUT2D eigenvalue weighted by molar-refractivity contribution is 5.84. The van der Waals surface area contributed by atoms with Crippen LogP contribution in [0.15, 0.2) is 0 Å². The summed E-state index contributed by atoms with van der Waals surface area (Å²) in [7, 11) is 0. The lowest BCUT2D eigenvalue weighted by Gasteiger charge is -2.22. The number of amides is 1. The van der Waals surface area contributed by atoms with Gasteiger partial charge in [0.05, 0.1) is 0 Å². The molecule has 3 atom stereocenters. The van der Waals surface area contributed by atoms with E-state index in [0.29, 0.717) is 19.4 Å². The standard InChI is InChI=1S/C11H22N2O3/c1-4-7(2)9(11(15)16)13-10(14)8(3)5-6-12/h7-9H,4-6,12H2,1-3H3,(H,13,14)(H,15,16)/t7-,8?,9-/m0/s1. The van der Waals surface area contributed by atoms with Gasteiger partial charge in [-0.3, -0.25) is 4.79 Å². The Balaban J connectivity index is 4.40. The average molecular weight is 230 g/mol. The van der Waals surface area contributed by atoms with Crippen LogP contribution in [0.5, 0.6) is 0 Å². The Morgan fingerprint density at radius 3 is 2.31 bits per heavy atom. The minimum Gasteiger partial charge on any atom is -0.480 e. The number of hydrogen-bond donors (Lipinski definition) is 3. The zero-order valence-electron chi connectivity index (χ0n) is 10.2. The minimum absolute atomic E-state index is 0.0773. The number of rotatable bonds is 7. The molecule has 0 aromatic rings. The van der Waals surface area contributed by atoms with Crippen molar-refractivity contribution < 1.29 is 14.7 Å². The lowest BCUT2D eigenvalue weighted by atomic mass is 9.98. The Bertz CT molecular complexity index is 243. The number of nitrogens with two attached hydrogens (primary N) is 1. The Kier molecular flexibility index (Phi) is 6.72. The van der Waals surface area contributed by atoms with Crippen molar-refractivity contribution >= 4 is 11.9 Å². The molecule has 94 valence electrons. The van der Waals surface area contributed by atoms with Crippen molar-refractivity contribution in [2.45, 2.75) is 39.7 Å². The number of carboxylic acid groups (broad SMARTS) is 1. The zero-order chi connectivity index (χ0) is 12.7. The Morgan fingerprint density at radius 2 is 1.94 bits per heavy atom. The van der Waals surface area contributed by atoms with Crippen molar-refractivity contribution in [2.24, 2.45) is 17.6 Å². The maximum Gasteiger partial charge on any atom is 0.326 e. The summed E-state index contributed by atoms with van der Waals surface area (Å²) in [4.78, 5) is 22.6. The topological polar surface area (TPSA) is 92.4 Å². The molecule has 0 rings (SSSR count).